The SMILES string of the molecule is CCCCCC1=C2Nc3ccc([NH3+])cc3SC2=C(CCCCC)C(N)(CCCCC)C1CCCCC. The Hall–Kier alpha value is -1.23. The number of anilines is 1. The predicted octanol–water partition coefficient (Wildman–Crippen LogP) is 9.23. The first-order chi connectivity index (χ1) is 17.5. The van der Waals surface area contributed by atoms with Crippen molar-refractivity contribution in [3.8, 4) is 0 Å². The second-order valence-electron chi connectivity index (χ2n) is 11.2. The van der Waals surface area contributed by atoms with E-state index in [-0.39, 0.29) is 5.54 Å². The molecule has 0 amide bonds. The van der Waals surface area contributed by atoms with E-state index in [0.29, 0.717) is 5.92 Å². The quantitative estimate of drug-likeness (QED) is 0.193. The first-order valence-electron chi connectivity index (χ1n) is 15.2. The van der Waals surface area contributed by atoms with Gasteiger partial charge < -0.3 is 16.8 Å². The maximum Gasteiger partial charge on any atom is 0.129 e. The minimum Gasteiger partial charge on any atom is -0.354 e. The number of unbranched alkanes of at least 4 members (excludes halogenated alkanes) is 8. The van der Waals surface area contributed by atoms with Gasteiger partial charge in [-0.25, -0.2) is 0 Å². The highest BCUT2D eigenvalue weighted by Gasteiger charge is 2.46. The molecule has 6 N–H and O–H groups in total. The van der Waals surface area contributed by atoms with Gasteiger partial charge in [0.15, 0.2) is 0 Å². The number of fused-ring (bicyclic) bond motifs is 2. The average Bonchev–Trinajstić information content (AvgIpc) is 2.87. The molecule has 3 nitrogen and oxygen atoms in total. The third kappa shape index (κ3) is 6.99. The minimum absolute atomic E-state index is 0.217. The Morgan fingerprint density at radius 2 is 1.50 bits per heavy atom. The summed E-state index contributed by atoms with van der Waals surface area (Å²) in [7, 11) is 0. The Morgan fingerprint density at radius 1 is 0.861 bits per heavy atom. The van der Waals surface area contributed by atoms with Crippen molar-refractivity contribution in [2.75, 3.05) is 5.32 Å². The lowest BCUT2D eigenvalue weighted by Crippen LogP contribution is -2.53. The van der Waals surface area contributed by atoms with Crippen LogP contribution in [-0.2, 0) is 0 Å². The van der Waals surface area contributed by atoms with Crippen molar-refractivity contribution >= 4 is 23.1 Å². The fraction of sp³-hybridized carbons (Fsp3) is 0.688. The molecule has 36 heavy (non-hydrogen) atoms. The zero-order valence-electron chi connectivity index (χ0n) is 23.8. The molecule has 0 bridgehead atoms. The molecule has 0 fully saturated rings. The largest absolute Gasteiger partial charge is 0.354 e. The lowest BCUT2D eigenvalue weighted by Gasteiger charge is -2.48. The summed E-state index contributed by atoms with van der Waals surface area (Å²) in [4.78, 5) is 2.77. The van der Waals surface area contributed by atoms with Gasteiger partial charge in [-0.3, -0.25) is 0 Å². The Labute approximate surface area is 226 Å². The molecule has 2 atom stereocenters. The van der Waals surface area contributed by atoms with Gasteiger partial charge in [0.1, 0.15) is 5.69 Å². The Kier molecular flexibility index (Phi) is 11.9. The molecule has 2 unspecified atom stereocenters. The van der Waals surface area contributed by atoms with Gasteiger partial charge in [-0.15, -0.1) is 0 Å². The van der Waals surface area contributed by atoms with Gasteiger partial charge in [0.05, 0.1) is 11.4 Å². The minimum atomic E-state index is -0.217. The number of quaternary nitrogens is 1. The summed E-state index contributed by atoms with van der Waals surface area (Å²) in [5.74, 6) is 0.454. The van der Waals surface area contributed by atoms with Crippen molar-refractivity contribution in [3.05, 3.63) is 39.9 Å². The van der Waals surface area contributed by atoms with Crippen LogP contribution in [0.4, 0.5) is 11.4 Å². The highest BCUT2D eigenvalue weighted by atomic mass is 32.2. The highest BCUT2D eigenvalue weighted by molar-refractivity contribution is 8.03. The summed E-state index contributed by atoms with van der Waals surface area (Å²) in [5.41, 5.74) is 18.7. The Bertz CT molecular complexity index is 903. The molecule has 0 saturated carbocycles. The van der Waals surface area contributed by atoms with Crippen LogP contribution in [0.5, 0.6) is 0 Å². The van der Waals surface area contributed by atoms with E-state index in [2.05, 4.69) is 56.9 Å². The fourth-order valence-electron chi connectivity index (χ4n) is 6.24. The van der Waals surface area contributed by atoms with Crippen LogP contribution >= 0.6 is 11.8 Å². The first-order valence-corrected chi connectivity index (χ1v) is 16.0. The lowest BCUT2D eigenvalue weighted by molar-refractivity contribution is -0.255. The number of thioether (sulfide) groups is 1. The van der Waals surface area contributed by atoms with Crippen molar-refractivity contribution in [1.82, 2.24) is 0 Å². The smallest absolute Gasteiger partial charge is 0.129 e. The van der Waals surface area contributed by atoms with E-state index in [4.69, 9.17) is 5.73 Å². The van der Waals surface area contributed by atoms with Crippen molar-refractivity contribution < 1.29 is 5.73 Å². The molecule has 1 aliphatic heterocycles. The van der Waals surface area contributed by atoms with Gasteiger partial charge in [-0.1, -0.05) is 104 Å². The summed E-state index contributed by atoms with van der Waals surface area (Å²) < 4.78 is 0. The van der Waals surface area contributed by atoms with E-state index in [9.17, 15) is 0 Å². The Morgan fingerprint density at radius 3 is 2.19 bits per heavy atom. The summed E-state index contributed by atoms with van der Waals surface area (Å²) in [6.45, 7) is 9.25. The third-order valence-electron chi connectivity index (χ3n) is 8.31. The Balaban J connectivity index is 2.16. The number of benzene rings is 1. The van der Waals surface area contributed by atoms with Crippen LogP contribution in [0.3, 0.4) is 0 Å². The number of nitrogens with two attached hydrogens (primary N) is 1. The molecular weight excluding hydrogens is 458 g/mol. The van der Waals surface area contributed by atoms with Crippen LogP contribution in [0.15, 0.2) is 44.8 Å². The molecule has 0 aromatic heterocycles. The molecule has 0 radical (unpaired) electrons. The van der Waals surface area contributed by atoms with Crippen molar-refractivity contribution in [2.24, 2.45) is 11.7 Å². The molecule has 1 aromatic rings. The third-order valence-corrected chi connectivity index (χ3v) is 9.53. The molecule has 3 rings (SSSR count). The van der Waals surface area contributed by atoms with Crippen molar-refractivity contribution in [3.63, 3.8) is 0 Å². The summed E-state index contributed by atoms with van der Waals surface area (Å²) >= 11 is 1.98. The van der Waals surface area contributed by atoms with E-state index in [1.807, 2.05) is 11.8 Å². The normalized spacial score (nSPS) is 21.4. The maximum atomic E-state index is 7.76. The molecule has 1 aliphatic carbocycles. The number of hydrogen-bond donors (Lipinski definition) is 3. The van der Waals surface area contributed by atoms with E-state index in [0.717, 1.165) is 18.5 Å². The number of hydrogen-bond acceptors (Lipinski definition) is 3. The van der Waals surface area contributed by atoms with E-state index in [1.165, 1.54) is 111 Å². The highest BCUT2D eigenvalue weighted by Crippen LogP contribution is 2.55. The lowest BCUT2D eigenvalue weighted by atomic mass is 9.64. The molecule has 1 aromatic carbocycles. The number of nitrogens with one attached hydrogen (secondary N) is 1. The van der Waals surface area contributed by atoms with Crippen molar-refractivity contribution in [2.45, 2.75) is 141 Å². The topological polar surface area (TPSA) is 65.7 Å². The van der Waals surface area contributed by atoms with Crippen LogP contribution in [0.25, 0.3) is 0 Å². The zero-order valence-corrected chi connectivity index (χ0v) is 24.6. The first kappa shape index (κ1) is 29.3. The van der Waals surface area contributed by atoms with Crippen LogP contribution in [-0.4, -0.2) is 5.54 Å². The number of rotatable bonds is 16. The van der Waals surface area contributed by atoms with Crippen LogP contribution in [0, 0.1) is 5.92 Å². The van der Waals surface area contributed by atoms with Gasteiger partial charge in [-0.05, 0) is 55.7 Å². The van der Waals surface area contributed by atoms with Crippen LogP contribution in [0.2, 0.25) is 0 Å². The molecule has 4 heteroatoms. The molecule has 2 aliphatic rings. The molecule has 1 heterocycles. The standard InChI is InChI=1S/C32H53N3S/c1-5-9-13-17-25-26(18-14-10-6-2)32(34,22-16-12-8-4)27(19-15-11-7-3)31-30(25)35-28-21-20-24(33)23-29(28)36-31/h20-21,23,26,35H,5-19,22,33-34H2,1-4H3/p+1. The summed E-state index contributed by atoms with van der Waals surface area (Å²) in [6.07, 6.45) is 19.9. The van der Waals surface area contributed by atoms with Crippen molar-refractivity contribution in [1.29, 1.82) is 0 Å². The molecular formula is C32H54N3S+. The second kappa shape index (κ2) is 14.6. The van der Waals surface area contributed by atoms with Crippen LogP contribution in [0.1, 0.15) is 130 Å². The van der Waals surface area contributed by atoms with E-state index in [1.54, 1.807) is 11.1 Å². The van der Waals surface area contributed by atoms with Gasteiger partial charge >= 0.3 is 0 Å². The average molecular weight is 513 g/mol. The maximum absolute atomic E-state index is 7.76. The predicted molar refractivity (Wildman–Crippen MR) is 159 cm³/mol. The van der Waals surface area contributed by atoms with Crippen LogP contribution < -0.4 is 16.8 Å². The molecule has 0 spiro atoms. The fourth-order valence-corrected chi connectivity index (χ4v) is 7.60. The van der Waals surface area contributed by atoms with Gasteiger partial charge in [0, 0.05) is 33.4 Å². The summed E-state index contributed by atoms with van der Waals surface area (Å²) in [5, 5.41) is 3.97. The van der Waals surface area contributed by atoms with Gasteiger partial charge in [0.25, 0.3) is 0 Å². The zero-order chi connectivity index (χ0) is 26.0. The second-order valence-corrected chi connectivity index (χ2v) is 12.3. The van der Waals surface area contributed by atoms with E-state index < -0.39 is 0 Å². The molecule has 0 saturated heterocycles. The monoisotopic (exact) mass is 512 g/mol. The molecule has 202 valence electrons. The van der Waals surface area contributed by atoms with E-state index >= 15 is 0 Å². The van der Waals surface area contributed by atoms with Gasteiger partial charge in [0.2, 0.25) is 0 Å². The van der Waals surface area contributed by atoms with Gasteiger partial charge in [-0.2, -0.15) is 0 Å². The summed E-state index contributed by atoms with van der Waals surface area (Å²) in [6, 6.07) is 6.62.